The van der Waals surface area contributed by atoms with Gasteiger partial charge in [0.15, 0.2) is 0 Å². The maximum atomic E-state index is 4.35. The highest BCUT2D eigenvalue weighted by molar-refractivity contribution is 8.00. The summed E-state index contributed by atoms with van der Waals surface area (Å²) in [6.45, 7) is 8.94. The van der Waals surface area contributed by atoms with Gasteiger partial charge in [-0.3, -0.25) is 0 Å². The van der Waals surface area contributed by atoms with Gasteiger partial charge in [0.05, 0.1) is 0 Å². The molecule has 0 amide bonds. The van der Waals surface area contributed by atoms with E-state index in [9.17, 15) is 0 Å². The third kappa shape index (κ3) is 22.7. The van der Waals surface area contributed by atoms with Crippen LogP contribution >= 0.6 is 23.5 Å². The molecule has 157 valence electrons. The number of hydrogen-bond acceptors (Lipinski definition) is 2. The van der Waals surface area contributed by atoms with E-state index >= 15 is 0 Å². The first-order valence-corrected chi connectivity index (χ1v) is 14.1. The Morgan fingerprint density at radius 3 is 1.15 bits per heavy atom. The van der Waals surface area contributed by atoms with Crippen LogP contribution in [0.1, 0.15) is 117 Å². The highest BCUT2D eigenvalue weighted by atomic mass is 32.2. The van der Waals surface area contributed by atoms with Crippen LogP contribution in [-0.4, -0.2) is 23.0 Å². The summed E-state index contributed by atoms with van der Waals surface area (Å²) in [5.74, 6) is 5.88. The standard InChI is InChI=1S/C24H49S2/c1-4-6-8-10-12-14-16-18-20-25-22-24(3)23-26-21-19-17-15-13-11-9-7-5-2/h24H,3-23H2,1-2H3. The Bertz CT molecular complexity index is 218. The van der Waals surface area contributed by atoms with Gasteiger partial charge < -0.3 is 0 Å². The lowest BCUT2D eigenvalue weighted by Gasteiger charge is -2.10. The molecule has 0 atom stereocenters. The van der Waals surface area contributed by atoms with E-state index in [-0.39, 0.29) is 0 Å². The second kappa shape index (κ2) is 23.7. The van der Waals surface area contributed by atoms with Crippen LogP contribution in [0.15, 0.2) is 0 Å². The van der Waals surface area contributed by atoms with Crippen LogP contribution in [0.4, 0.5) is 0 Å². The van der Waals surface area contributed by atoms with Crippen molar-refractivity contribution < 1.29 is 0 Å². The van der Waals surface area contributed by atoms with E-state index in [0.717, 1.165) is 0 Å². The molecular weight excluding hydrogens is 352 g/mol. The van der Waals surface area contributed by atoms with Gasteiger partial charge >= 0.3 is 0 Å². The van der Waals surface area contributed by atoms with Gasteiger partial charge in [0.1, 0.15) is 0 Å². The van der Waals surface area contributed by atoms with E-state index in [0.29, 0.717) is 5.92 Å². The topological polar surface area (TPSA) is 0 Å². The monoisotopic (exact) mass is 401 g/mol. The number of unbranched alkanes of at least 4 members (excludes halogenated alkanes) is 14. The van der Waals surface area contributed by atoms with E-state index in [4.69, 9.17) is 0 Å². The van der Waals surface area contributed by atoms with Crippen LogP contribution in [-0.2, 0) is 0 Å². The van der Waals surface area contributed by atoms with Crippen LogP contribution in [0.2, 0.25) is 0 Å². The molecule has 0 bridgehead atoms. The van der Waals surface area contributed by atoms with Crippen LogP contribution in [0.25, 0.3) is 0 Å². The van der Waals surface area contributed by atoms with Crippen molar-refractivity contribution in [2.75, 3.05) is 23.0 Å². The van der Waals surface area contributed by atoms with Crippen molar-refractivity contribution >= 4 is 23.5 Å². The van der Waals surface area contributed by atoms with Gasteiger partial charge in [-0.05, 0) is 48.7 Å². The van der Waals surface area contributed by atoms with Crippen LogP contribution in [0, 0.1) is 12.8 Å². The molecule has 0 N–H and O–H groups in total. The Hall–Kier alpha value is 0.700. The summed E-state index contributed by atoms with van der Waals surface area (Å²) in [5.41, 5.74) is 0. The summed E-state index contributed by atoms with van der Waals surface area (Å²) in [5, 5.41) is 0. The molecule has 0 aliphatic heterocycles. The molecule has 0 spiro atoms. The van der Waals surface area contributed by atoms with Gasteiger partial charge in [0.25, 0.3) is 0 Å². The molecule has 0 saturated heterocycles. The first-order valence-electron chi connectivity index (χ1n) is 11.8. The molecule has 0 fully saturated rings. The fourth-order valence-electron chi connectivity index (χ4n) is 3.22. The zero-order valence-electron chi connectivity index (χ0n) is 18.2. The second-order valence-electron chi connectivity index (χ2n) is 7.97. The van der Waals surface area contributed by atoms with Crippen LogP contribution in [0.5, 0.6) is 0 Å². The fraction of sp³-hybridized carbons (Fsp3) is 0.958. The molecule has 0 aliphatic carbocycles. The SMILES string of the molecule is [CH2]C(CSCCCCCCCCCC)CSCCCCCCCCCC. The lowest BCUT2D eigenvalue weighted by Crippen LogP contribution is -2.03. The van der Waals surface area contributed by atoms with Crippen molar-refractivity contribution in [1.82, 2.24) is 0 Å². The molecule has 0 nitrogen and oxygen atoms in total. The molecule has 26 heavy (non-hydrogen) atoms. The molecule has 0 heterocycles. The van der Waals surface area contributed by atoms with Gasteiger partial charge in [-0.15, -0.1) is 0 Å². The van der Waals surface area contributed by atoms with Gasteiger partial charge in [0.2, 0.25) is 0 Å². The average molecular weight is 402 g/mol. The minimum Gasteiger partial charge on any atom is -0.162 e. The van der Waals surface area contributed by atoms with E-state index in [2.05, 4.69) is 44.3 Å². The molecule has 0 unspecified atom stereocenters. The smallest absolute Gasteiger partial charge is 0.00313 e. The first-order chi connectivity index (χ1) is 12.8. The maximum absolute atomic E-state index is 4.35. The van der Waals surface area contributed by atoms with Crippen molar-refractivity contribution in [3.05, 3.63) is 6.92 Å². The normalized spacial score (nSPS) is 11.5. The Balaban J connectivity index is 3.12. The third-order valence-corrected chi connectivity index (χ3v) is 7.56. The number of hydrogen-bond donors (Lipinski definition) is 0. The predicted molar refractivity (Wildman–Crippen MR) is 129 cm³/mol. The lowest BCUT2D eigenvalue weighted by molar-refractivity contribution is 0.586. The zero-order valence-corrected chi connectivity index (χ0v) is 19.9. The molecule has 0 aromatic rings. The highest BCUT2D eigenvalue weighted by Crippen LogP contribution is 2.18. The molecule has 0 aromatic carbocycles. The number of rotatable bonds is 22. The van der Waals surface area contributed by atoms with Gasteiger partial charge in [0, 0.05) is 0 Å². The minimum atomic E-state index is 0.646. The predicted octanol–water partition coefficient (Wildman–Crippen LogP) is 9.18. The van der Waals surface area contributed by atoms with Crippen LogP contribution < -0.4 is 0 Å². The lowest BCUT2D eigenvalue weighted by atomic mass is 10.1. The molecular formula is C24H49S2. The highest BCUT2D eigenvalue weighted by Gasteiger charge is 2.03. The molecule has 0 aliphatic rings. The number of thioether (sulfide) groups is 2. The first kappa shape index (κ1) is 26.7. The Kier molecular flexibility index (Phi) is 24.4. The van der Waals surface area contributed by atoms with E-state index in [1.165, 1.54) is 126 Å². The molecule has 1 radical (unpaired) electrons. The molecule has 0 saturated carbocycles. The maximum Gasteiger partial charge on any atom is -0.00313 e. The van der Waals surface area contributed by atoms with Gasteiger partial charge in [-0.25, -0.2) is 0 Å². The fourth-order valence-corrected chi connectivity index (χ4v) is 5.43. The van der Waals surface area contributed by atoms with E-state index in [1.54, 1.807) is 0 Å². The minimum absolute atomic E-state index is 0.646. The average Bonchev–Trinajstić information content (AvgIpc) is 2.64. The summed E-state index contributed by atoms with van der Waals surface area (Å²) < 4.78 is 0. The van der Waals surface area contributed by atoms with Gasteiger partial charge in [-0.1, -0.05) is 104 Å². The largest absolute Gasteiger partial charge is 0.162 e. The third-order valence-electron chi connectivity index (χ3n) is 4.99. The van der Waals surface area contributed by atoms with Crippen molar-refractivity contribution in [2.45, 2.75) is 117 Å². The quantitative estimate of drug-likeness (QED) is 0.166. The van der Waals surface area contributed by atoms with Crippen molar-refractivity contribution in [3.8, 4) is 0 Å². The Labute approximate surface area is 175 Å². The van der Waals surface area contributed by atoms with Crippen molar-refractivity contribution in [3.63, 3.8) is 0 Å². The summed E-state index contributed by atoms with van der Waals surface area (Å²) in [7, 11) is 0. The van der Waals surface area contributed by atoms with E-state index in [1.807, 2.05) is 0 Å². The molecule has 0 aromatic heterocycles. The second-order valence-corrected chi connectivity index (χ2v) is 10.3. The van der Waals surface area contributed by atoms with Gasteiger partial charge in [-0.2, -0.15) is 23.5 Å². The molecule has 2 heteroatoms. The summed E-state index contributed by atoms with van der Waals surface area (Å²) in [6, 6.07) is 0. The summed E-state index contributed by atoms with van der Waals surface area (Å²) in [4.78, 5) is 0. The summed E-state index contributed by atoms with van der Waals surface area (Å²) in [6.07, 6.45) is 22.9. The molecule has 0 rings (SSSR count). The van der Waals surface area contributed by atoms with Crippen LogP contribution in [0.3, 0.4) is 0 Å². The van der Waals surface area contributed by atoms with E-state index < -0.39 is 0 Å². The Morgan fingerprint density at radius 2 is 0.808 bits per heavy atom. The summed E-state index contributed by atoms with van der Waals surface area (Å²) >= 11 is 4.28. The Morgan fingerprint density at radius 1 is 0.500 bits per heavy atom. The van der Waals surface area contributed by atoms with Crippen molar-refractivity contribution in [2.24, 2.45) is 5.92 Å². The zero-order chi connectivity index (χ0) is 19.1. The van der Waals surface area contributed by atoms with Crippen molar-refractivity contribution in [1.29, 1.82) is 0 Å².